The maximum atomic E-state index is 12.4. The van der Waals surface area contributed by atoms with Gasteiger partial charge in [-0.3, -0.25) is 9.79 Å². The van der Waals surface area contributed by atoms with Gasteiger partial charge in [-0.25, -0.2) is 0 Å². The molecule has 136 valence electrons. The lowest BCUT2D eigenvalue weighted by Gasteiger charge is -2.09. The molecule has 4 nitrogen and oxygen atoms in total. The fourth-order valence-electron chi connectivity index (χ4n) is 3.06. The van der Waals surface area contributed by atoms with Gasteiger partial charge in [0, 0.05) is 0 Å². The molecule has 28 heavy (non-hydrogen) atoms. The van der Waals surface area contributed by atoms with Crippen LogP contribution in [-0.2, 0) is 4.79 Å². The Morgan fingerprint density at radius 1 is 0.929 bits per heavy atom. The molecule has 4 rings (SSSR count). The summed E-state index contributed by atoms with van der Waals surface area (Å²) in [5.41, 5.74) is 4.97. The van der Waals surface area contributed by atoms with Gasteiger partial charge < -0.3 is 5.32 Å². The zero-order valence-electron chi connectivity index (χ0n) is 14.5. The third-order valence-electron chi connectivity index (χ3n) is 4.43. The van der Waals surface area contributed by atoms with E-state index in [0.717, 1.165) is 16.7 Å². The van der Waals surface area contributed by atoms with Crippen molar-refractivity contribution in [3.05, 3.63) is 81.8 Å². The molecule has 1 amide bonds. The molecule has 0 fully saturated rings. The Morgan fingerprint density at radius 3 is 2.50 bits per heavy atom. The normalized spacial score (nSPS) is 13.0. The fourth-order valence-corrected chi connectivity index (χ4v) is 3.35. The predicted molar refractivity (Wildman–Crippen MR) is 112 cm³/mol. The van der Waals surface area contributed by atoms with Crippen LogP contribution < -0.4 is 5.32 Å². The Kier molecular flexibility index (Phi) is 4.87. The van der Waals surface area contributed by atoms with Crippen molar-refractivity contribution in [2.75, 3.05) is 5.32 Å². The molecule has 0 atom stereocenters. The molecule has 1 N–H and O–H groups in total. The van der Waals surface area contributed by atoms with Crippen LogP contribution in [0, 0.1) is 11.3 Å². The highest BCUT2D eigenvalue weighted by Gasteiger charge is 2.18. The average molecular weight is 406 g/mol. The number of amides is 1. The van der Waals surface area contributed by atoms with Crippen molar-refractivity contribution in [3.63, 3.8) is 0 Å². The third kappa shape index (κ3) is 3.63. The molecule has 3 aromatic carbocycles. The Morgan fingerprint density at radius 2 is 1.71 bits per heavy atom. The molecule has 0 unspecified atom stereocenters. The number of hydrogen-bond donors (Lipinski definition) is 1. The number of anilines is 1. The van der Waals surface area contributed by atoms with Crippen LogP contribution in [0.3, 0.4) is 0 Å². The second kappa shape index (κ2) is 7.47. The van der Waals surface area contributed by atoms with E-state index in [0.29, 0.717) is 32.7 Å². The smallest absolute Gasteiger partial charge is 0.230 e. The van der Waals surface area contributed by atoms with Gasteiger partial charge in [-0.05, 0) is 53.1 Å². The molecule has 0 bridgehead atoms. The number of halogens is 2. The van der Waals surface area contributed by atoms with Crippen LogP contribution in [0.15, 0.2) is 65.7 Å². The summed E-state index contributed by atoms with van der Waals surface area (Å²) >= 11 is 12.1. The molecule has 1 aliphatic rings. The van der Waals surface area contributed by atoms with Crippen molar-refractivity contribution in [2.45, 2.75) is 6.42 Å². The van der Waals surface area contributed by atoms with Crippen molar-refractivity contribution < 1.29 is 4.79 Å². The van der Waals surface area contributed by atoms with Crippen LogP contribution in [0.5, 0.6) is 0 Å². The van der Waals surface area contributed by atoms with Crippen LogP contribution >= 0.6 is 23.2 Å². The lowest BCUT2D eigenvalue weighted by atomic mass is 10.0. The Labute approximate surface area is 172 Å². The standard InChI is InChI=1S/C22H13Cl2N3O/c23-17-6-4-14(9-18(17)24)15-5-7-19-21(10-15)27-22(28)11-20(26-19)16-3-1-2-13(8-16)12-25/h1-10H,11H2,(H,27,28). The number of aliphatic imine (C=N–C) groups is 1. The van der Waals surface area contributed by atoms with Gasteiger partial charge >= 0.3 is 0 Å². The second-order valence-corrected chi connectivity index (χ2v) is 7.15. The van der Waals surface area contributed by atoms with E-state index in [2.05, 4.69) is 16.4 Å². The van der Waals surface area contributed by atoms with Crippen LogP contribution in [0.25, 0.3) is 11.1 Å². The third-order valence-corrected chi connectivity index (χ3v) is 5.17. The minimum absolute atomic E-state index is 0.131. The van der Waals surface area contributed by atoms with Crippen LogP contribution in [0.4, 0.5) is 11.4 Å². The molecular weight excluding hydrogens is 393 g/mol. The highest BCUT2D eigenvalue weighted by Crippen LogP contribution is 2.35. The summed E-state index contributed by atoms with van der Waals surface area (Å²) in [5.74, 6) is -0.161. The first kappa shape index (κ1) is 18.2. The monoisotopic (exact) mass is 405 g/mol. The van der Waals surface area contributed by atoms with Crippen molar-refractivity contribution in [3.8, 4) is 17.2 Å². The summed E-state index contributed by atoms with van der Waals surface area (Å²) in [4.78, 5) is 17.1. The average Bonchev–Trinajstić information content (AvgIpc) is 2.87. The first-order valence-electron chi connectivity index (χ1n) is 8.51. The Hall–Kier alpha value is -3.13. The lowest BCUT2D eigenvalue weighted by Crippen LogP contribution is -2.15. The summed E-state index contributed by atoms with van der Waals surface area (Å²) in [6.45, 7) is 0. The van der Waals surface area contributed by atoms with E-state index >= 15 is 0 Å². The van der Waals surface area contributed by atoms with Crippen molar-refractivity contribution in [2.24, 2.45) is 4.99 Å². The number of hydrogen-bond acceptors (Lipinski definition) is 3. The maximum Gasteiger partial charge on any atom is 0.230 e. The highest BCUT2D eigenvalue weighted by molar-refractivity contribution is 6.42. The van der Waals surface area contributed by atoms with Gasteiger partial charge in [0.25, 0.3) is 0 Å². The summed E-state index contributed by atoms with van der Waals surface area (Å²) in [6, 6.07) is 20.2. The molecule has 0 spiro atoms. The van der Waals surface area contributed by atoms with Gasteiger partial charge in [-0.2, -0.15) is 5.26 Å². The molecule has 1 heterocycles. The molecule has 0 saturated heterocycles. The Balaban J connectivity index is 1.77. The SMILES string of the molecule is N#Cc1cccc(C2=Nc3ccc(-c4ccc(Cl)c(Cl)c4)cc3NC(=O)C2)c1. The number of nitrogens with one attached hydrogen (secondary N) is 1. The topological polar surface area (TPSA) is 65.2 Å². The van der Waals surface area contributed by atoms with Crippen LogP contribution in [-0.4, -0.2) is 11.6 Å². The van der Waals surface area contributed by atoms with E-state index in [1.807, 2.05) is 30.3 Å². The molecular formula is C22H13Cl2N3O. The number of rotatable bonds is 2. The van der Waals surface area contributed by atoms with Gasteiger partial charge in [0.15, 0.2) is 0 Å². The maximum absolute atomic E-state index is 12.4. The van der Waals surface area contributed by atoms with E-state index in [4.69, 9.17) is 28.5 Å². The predicted octanol–water partition coefficient (Wildman–Crippen LogP) is 6.00. The van der Waals surface area contributed by atoms with E-state index in [-0.39, 0.29) is 12.3 Å². The minimum Gasteiger partial charge on any atom is -0.324 e. The quantitative estimate of drug-likeness (QED) is 0.568. The van der Waals surface area contributed by atoms with Gasteiger partial charge in [0.1, 0.15) is 0 Å². The number of carbonyl (C=O) groups excluding carboxylic acids is 1. The highest BCUT2D eigenvalue weighted by atomic mass is 35.5. The zero-order chi connectivity index (χ0) is 19.7. The van der Waals surface area contributed by atoms with E-state index in [1.54, 1.807) is 30.3 Å². The van der Waals surface area contributed by atoms with Crippen LogP contribution in [0.2, 0.25) is 10.0 Å². The largest absolute Gasteiger partial charge is 0.324 e. The molecule has 0 aliphatic carbocycles. The molecule has 0 saturated carbocycles. The number of fused-ring (bicyclic) bond motifs is 1. The van der Waals surface area contributed by atoms with E-state index < -0.39 is 0 Å². The van der Waals surface area contributed by atoms with Gasteiger partial charge in [-0.1, -0.05) is 47.5 Å². The Bertz CT molecular complexity index is 1180. The molecule has 6 heteroatoms. The minimum atomic E-state index is -0.161. The summed E-state index contributed by atoms with van der Waals surface area (Å²) in [6.07, 6.45) is 0.131. The number of benzene rings is 3. The second-order valence-electron chi connectivity index (χ2n) is 6.34. The first-order valence-corrected chi connectivity index (χ1v) is 9.26. The van der Waals surface area contributed by atoms with Gasteiger partial charge in [0.05, 0.1) is 45.2 Å². The molecule has 0 radical (unpaired) electrons. The lowest BCUT2D eigenvalue weighted by molar-refractivity contribution is -0.115. The number of nitriles is 1. The fraction of sp³-hybridized carbons (Fsp3) is 0.0455. The van der Waals surface area contributed by atoms with Crippen molar-refractivity contribution >= 4 is 46.2 Å². The van der Waals surface area contributed by atoms with E-state index in [1.165, 1.54) is 0 Å². The molecule has 3 aromatic rings. The summed E-state index contributed by atoms with van der Waals surface area (Å²) < 4.78 is 0. The molecule has 0 aromatic heterocycles. The van der Waals surface area contributed by atoms with Gasteiger partial charge in [-0.15, -0.1) is 0 Å². The van der Waals surface area contributed by atoms with E-state index in [9.17, 15) is 4.79 Å². The zero-order valence-corrected chi connectivity index (χ0v) is 16.1. The summed E-state index contributed by atoms with van der Waals surface area (Å²) in [7, 11) is 0. The van der Waals surface area contributed by atoms with Crippen molar-refractivity contribution in [1.29, 1.82) is 5.26 Å². The number of carbonyl (C=O) groups is 1. The van der Waals surface area contributed by atoms with Crippen molar-refractivity contribution in [1.82, 2.24) is 0 Å². The van der Waals surface area contributed by atoms with Gasteiger partial charge in [0.2, 0.25) is 5.91 Å². The number of nitrogens with zero attached hydrogens (tertiary/aromatic N) is 2. The first-order chi connectivity index (χ1) is 13.5. The van der Waals surface area contributed by atoms with Crippen LogP contribution in [0.1, 0.15) is 17.5 Å². The summed E-state index contributed by atoms with van der Waals surface area (Å²) in [5, 5.41) is 13.0. The molecule has 1 aliphatic heterocycles.